The van der Waals surface area contributed by atoms with Gasteiger partial charge in [-0.05, 0) is 63.4 Å². The normalized spacial score (nSPS) is 17.4. The number of hydrogen-bond donors (Lipinski definition) is 3. The van der Waals surface area contributed by atoms with Gasteiger partial charge in [0.1, 0.15) is 11.6 Å². The van der Waals surface area contributed by atoms with Crippen LogP contribution in [0.3, 0.4) is 0 Å². The molecule has 0 saturated carbocycles. The van der Waals surface area contributed by atoms with Gasteiger partial charge >= 0.3 is 0 Å². The lowest BCUT2D eigenvalue weighted by atomic mass is 9.97. The SMILES string of the molecule is Cc1cc(-c2ccc(C(=O)NS(=O)(=O)c3cccc(N)n3)c(N3C[C@@H](C)CC3(C)C)n2)cnc1O. The minimum Gasteiger partial charge on any atom is -0.493 e. The number of amides is 1. The van der Waals surface area contributed by atoms with Crippen molar-refractivity contribution in [1.29, 1.82) is 0 Å². The van der Waals surface area contributed by atoms with E-state index in [9.17, 15) is 18.3 Å². The van der Waals surface area contributed by atoms with Gasteiger partial charge < -0.3 is 15.7 Å². The number of aryl methyl sites for hydroxylation is 1. The van der Waals surface area contributed by atoms with E-state index in [2.05, 4.69) is 35.5 Å². The number of nitrogen functional groups attached to an aromatic ring is 1. The van der Waals surface area contributed by atoms with Crippen molar-refractivity contribution in [1.82, 2.24) is 19.7 Å². The minimum atomic E-state index is -4.26. The number of carbonyl (C=O) groups is 1. The molecule has 35 heavy (non-hydrogen) atoms. The predicted octanol–water partition coefficient (Wildman–Crippen LogP) is 2.88. The lowest BCUT2D eigenvalue weighted by Gasteiger charge is -2.34. The Morgan fingerprint density at radius 1 is 1.23 bits per heavy atom. The maximum atomic E-state index is 13.3. The number of nitrogens with one attached hydrogen (secondary N) is 1. The van der Waals surface area contributed by atoms with E-state index in [1.807, 2.05) is 4.90 Å². The maximum Gasteiger partial charge on any atom is 0.281 e. The molecule has 4 rings (SSSR count). The van der Waals surface area contributed by atoms with Gasteiger partial charge in [-0.15, -0.1) is 0 Å². The summed E-state index contributed by atoms with van der Waals surface area (Å²) in [7, 11) is -4.26. The molecule has 10 nitrogen and oxygen atoms in total. The molecule has 184 valence electrons. The minimum absolute atomic E-state index is 0.0256. The topological polar surface area (TPSA) is 151 Å². The van der Waals surface area contributed by atoms with Crippen LogP contribution in [0, 0.1) is 12.8 Å². The van der Waals surface area contributed by atoms with Crippen molar-refractivity contribution < 1.29 is 18.3 Å². The second-order valence-corrected chi connectivity index (χ2v) is 11.1. The molecule has 1 amide bonds. The van der Waals surface area contributed by atoms with Crippen LogP contribution in [-0.4, -0.2) is 46.5 Å². The van der Waals surface area contributed by atoms with Crippen LogP contribution in [0.4, 0.5) is 11.6 Å². The summed E-state index contributed by atoms with van der Waals surface area (Å²) in [5, 5.41) is 9.44. The van der Waals surface area contributed by atoms with Gasteiger partial charge in [-0.1, -0.05) is 13.0 Å². The summed E-state index contributed by atoms with van der Waals surface area (Å²) in [6.45, 7) is 8.63. The zero-order chi connectivity index (χ0) is 25.5. The first-order chi connectivity index (χ1) is 16.4. The predicted molar refractivity (Wildman–Crippen MR) is 132 cm³/mol. The maximum absolute atomic E-state index is 13.3. The number of nitrogens with zero attached hydrogens (tertiary/aromatic N) is 4. The summed E-state index contributed by atoms with van der Waals surface area (Å²) in [6.07, 6.45) is 2.38. The lowest BCUT2D eigenvalue weighted by Crippen LogP contribution is -2.41. The number of anilines is 2. The highest BCUT2D eigenvalue weighted by atomic mass is 32.2. The Bertz CT molecular complexity index is 1410. The molecule has 0 radical (unpaired) electrons. The van der Waals surface area contributed by atoms with E-state index < -0.39 is 15.9 Å². The third-order valence-electron chi connectivity index (χ3n) is 6.04. The van der Waals surface area contributed by atoms with Crippen molar-refractivity contribution in [2.24, 2.45) is 5.92 Å². The second kappa shape index (κ2) is 8.81. The van der Waals surface area contributed by atoms with E-state index in [1.165, 1.54) is 24.4 Å². The fourth-order valence-corrected chi connectivity index (χ4v) is 5.41. The van der Waals surface area contributed by atoms with Crippen molar-refractivity contribution in [3.63, 3.8) is 0 Å². The van der Waals surface area contributed by atoms with Crippen molar-refractivity contribution in [3.8, 4) is 17.1 Å². The molecule has 3 aromatic rings. The Kier molecular flexibility index (Phi) is 6.14. The van der Waals surface area contributed by atoms with E-state index >= 15 is 0 Å². The van der Waals surface area contributed by atoms with Crippen LogP contribution in [0.5, 0.6) is 5.88 Å². The highest BCUT2D eigenvalue weighted by molar-refractivity contribution is 7.90. The first kappa shape index (κ1) is 24.4. The number of hydrogen-bond acceptors (Lipinski definition) is 9. The van der Waals surface area contributed by atoms with Gasteiger partial charge in [-0.2, -0.15) is 8.42 Å². The molecule has 1 aliphatic heterocycles. The zero-order valence-electron chi connectivity index (χ0n) is 20.0. The van der Waals surface area contributed by atoms with E-state index in [-0.39, 0.29) is 27.8 Å². The number of sulfonamides is 1. The van der Waals surface area contributed by atoms with E-state index in [0.29, 0.717) is 35.1 Å². The van der Waals surface area contributed by atoms with Gasteiger partial charge in [0.15, 0.2) is 5.03 Å². The number of aromatic hydroxyl groups is 1. The molecule has 1 atom stereocenters. The fraction of sp³-hybridized carbons (Fsp3) is 0.333. The third-order valence-corrected chi connectivity index (χ3v) is 7.27. The number of carbonyl (C=O) groups excluding carboxylic acids is 1. The second-order valence-electron chi connectivity index (χ2n) is 9.50. The van der Waals surface area contributed by atoms with Crippen molar-refractivity contribution in [3.05, 3.63) is 53.7 Å². The number of pyridine rings is 3. The van der Waals surface area contributed by atoms with Gasteiger partial charge in [0.05, 0.1) is 11.3 Å². The molecule has 3 aromatic heterocycles. The number of aromatic nitrogens is 3. The monoisotopic (exact) mass is 496 g/mol. The van der Waals surface area contributed by atoms with E-state index in [0.717, 1.165) is 6.42 Å². The Morgan fingerprint density at radius 3 is 2.60 bits per heavy atom. The summed E-state index contributed by atoms with van der Waals surface area (Å²) in [5.41, 5.74) is 7.22. The first-order valence-electron chi connectivity index (χ1n) is 11.1. The first-order valence-corrected chi connectivity index (χ1v) is 12.6. The smallest absolute Gasteiger partial charge is 0.281 e. The van der Waals surface area contributed by atoms with E-state index in [4.69, 9.17) is 10.7 Å². The fourth-order valence-electron chi connectivity index (χ4n) is 4.47. The van der Waals surface area contributed by atoms with Gasteiger partial charge in [-0.3, -0.25) is 4.79 Å². The summed E-state index contributed by atoms with van der Waals surface area (Å²) in [4.78, 5) is 27.9. The molecule has 1 aliphatic rings. The number of rotatable bonds is 5. The Labute approximate surface area is 204 Å². The highest BCUT2D eigenvalue weighted by Gasteiger charge is 2.39. The average Bonchev–Trinajstić information content (AvgIpc) is 3.06. The van der Waals surface area contributed by atoms with Crippen LogP contribution in [0.2, 0.25) is 0 Å². The Morgan fingerprint density at radius 2 is 1.97 bits per heavy atom. The summed E-state index contributed by atoms with van der Waals surface area (Å²) in [6, 6.07) is 9.10. The molecule has 11 heteroatoms. The van der Waals surface area contributed by atoms with Crippen LogP contribution in [-0.2, 0) is 10.0 Å². The van der Waals surface area contributed by atoms with Crippen LogP contribution >= 0.6 is 0 Å². The molecule has 0 aromatic carbocycles. The van der Waals surface area contributed by atoms with Gasteiger partial charge in [0.2, 0.25) is 5.88 Å². The average molecular weight is 497 g/mol. The quantitative estimate of drug-likeness (QED) is 0.484. The van der Waals surface area contributed by atoms with Crippen LogP contribution in [0.15, 0.2) is 47.6 Å². The van der Waals surface area contributed by atoms with Crippen LogP contribution in [0.1, 0.15) is 43.1 Å². The van der Waals surface area contributed by atoms with Crippen molar-refractivity contribution >= 4 is 27.6 Å². The van der Waals surface area contributed by atoms with E-state index in [1.54, 1.807) is 25.1 Å². The summed E-state index contributed by atoms with van der Waals surface area (Å²) in [5.74, 6) is -0.142. The molecule has 1 fully saturated rings. The standard InChI is InChI=1S/C24H28N6O4S/c1-14-11-24(3,4)30(13-14)21-17(8-9-18(27-21)16-10-15(2)22(31)26-12-16)23(32)29-35(33,34)20-7-5-6-19(25)28-20/h5-10,12,14H,11,13H2,1-4H3,(H2,25,28)(H,26,31)(H,29,32)/t14-/m0/s1. The van der Waals surface area contributed by atoms with Crippen molar-refractivity contribution in [2.45, 2.75) is 44.7 Å². The Hall–Kier alpha value is -3.73. The molecule has 1 saturated heterocycles. The zero-order valence-corrected chi connectivity index (χ0v) is 20.8. The molecular formula is C24H28N6O4S. The summed E-state index contributed by atoms with van der Waals surface area (Å²) < 4.78 is 27.7. The third kappa shape index (κ3) is 4.90. The van der Waals surface area contributed by atoms with Gasteiger partial charge in [-0.25, -0.2) is 19.7 Å². The van der Waals surface area contributed by atoms with Crippen LogP contribution < -0.4 is 15.4 Å². The van der Waals surface area contributed by atoms with Gasteiger partial charge in [0, 0.05) is 29.4 Å². The Balaban J connectivity index is 1.78. The molecular weight excluding hydrogens is 468 g/mol. The molecule has 4 N–H and O–H groups in total. The van der Waals surface area contributed by atoms with Gasteiger partial charge in [0.25, 0.3) is 15.9 Å². The van der Waals surface area contributed by atoms with Crippen molar-refractivity contribution in [2.75, 3.05) is 17.2 Å². The molecule has 0 spiro atoms. The van der Waals surface area contributed by atoms with Crippen LogP contribution in [0.25, 0.3) is 11.3 Å². The lowest BCUT2D eigenvalue weighted by molar-refractivity contribution is 0.0981. The molecule has 0 bridgehead atoms. The molecule has 0 unspecified atom stereocenters. The molecule has 4 heterocycles. The largest absolute Gasteiger partial charge is 0.493 e. The summed E-state index contributed by atoms with van der Waals surface area (Å²) >= 11 is 0. The molecule has 0 aliphatic carbocycles. The number of nitrogens with two attached hydrogens (primary N) is 1. The highest BCUT2D eigenvalue weighted by Crippen LogP contribution is 2.38.